The van der Waals surface area contributed by atoms with Crippen LogP contribution < -0.4 is 0 Å². The van der Waals surface area contributed by atoms with Crippen LogP contribution in [-0.2, 0) is 21.7 Å². The summed E-state index contributed by atoms with van der Waals surface area (Å²) in [5.41, 5.74) is 7.73. The lowest BCUT2D eigenvalue weighted by atomic mass is 9.78. The van der Waals surface area contributed by atoms with Gasteiger partial charge in [0.1, 0.15) is 0 Å². The fourth-order valence-corrected chi connectivity index (χ4v) is 4.74. The van der Waals surface area contributed by atoms with Crippen LogP contribution in [0.2, 0.25) is 0 Å². The lowest BCUT2D eigenvalue weighted by Crippen LogP contribution is -2.14. The molecule has 0 saturated heterocycles. The van der Waals surface area contributed by atoms with Crippen molar-refractivity contribution in [3.05, 3.63) is 82.9 Å². The maximum atomic E-state index is 3.89. The molecule has 0 fully saturated rings. The second-order valence-corrected chi connectivity index (χ2v) is 14.7. The van der Waals surface area contributed by atoms with Crippen LogP contribution >= 0.6 is 0 Å². The number of hydrogen-bond acceptors (Lipinski definition) is 0. The highest BCUT2D eigenvalue weighted by molar-refractivity contribution is 6.06. The van der Waals surface area contributed by atoms with Gasteiger partial charge in [0.15, 0.2) is 0 Å². The Kier molecular flexibility index (Phi) is 6.23. The number of benzene rings is 4. The number of hydrogen-bond donors (Lipinski definition) is 0. The quantitative estimate of drug-likeness (QED) is 0.256. The van der Waals surface area contributed by atoms with Crippen molar-refractivity contribution in [2.75, 3.05) is 0 Å². The molecule has 0 aromatic heterocycles. The first-order valence-electron chi connectivity index (χ1n) is 13.4. The summed E-state index contributed by atoms with van der Waals surface area (Å²) in [6, 6.07) is 26.4. The Balaban J connectivity index is 2.14. The maximum absolute atomic E-state index is 3.89. The molecular formula is C36H44. The Labute approximate surface area is 220 Å². The molecule has 188 valence electrons. The van der Waals surface area contributed by atoms with Gasteiger partial charge in [0.2, 0.25) is 0 Å². The Morgan fingerprint density at radius 1 is 0.417 bits per heavy atom. The summed E-state index contributed by atoms with van der Waals surface area (Å²) in [6.07, 6.45) is 0. The van der Waals surface area contributed by atoms with E-state index >= 15 is 0 Å². The largest absolute Gasteiger partial charge is 0.0578 e. The van der Waals surface area contributed by atoms with Gasteiger partial charge in [0.05, 0.1) is 0 Å². The van der Waals surface area contributed by atoms with E-state index in [9.17, 15) is 0 Å². The summed E-state index contributed by atoms with van der Waals surface area (Å²) >= 11 is 0. The van der Waals surface area contributed by atoms with E-state index in [-0.39, 0.29) is 21.7 Å². The average Bonchev–Trinajstić information content (AvgIpc) is 2.74. The standard InChI is InChI=1S/C36H44/c1-33(2,3)25-13-15-29-23(17-25)19-27(35(7,8)9)21-31(29)32-22-28(36(10,11)12)20-24-18-26(34(4,5)6)14-16-30(24)32/h13-20H,1-12H3. The van der Waals surface area contributed by atoms with Gasteiger partial charge in [-0.25, -0.2) is 0 Å². The van der Waals surface area contributed by atoms with E-state index in [0.29, 0.717) is 0 Å². The minimum Gasteiger partial charge on any atom is -0.0578 e. The zero-order valence-electron chi connectivity index (χ0n) is 24.6. The molecule has 0 spiro atoms. The topological polar surface area (TPSA) is 0 Å². The second kappa shape index (κ2) is 8.47. The summed E-state index contributed by atoms with van der Waals surface area (Å²) in [5.74, 6) is 0. The molecule has 0 heterocycles. The van der Waals surface area contributed by atoms with Crippen LogP contribution in [0, 0.1) is 12.1 Å². The van der Waals surface area contributed by atoms with Gasteiger partial charge >= 0.3 is 0 Å². The Hall–Kier alpha value is -2.60. The molecule has 36 heavy (non-hydrogen) atoms. The van der Waals surface area contributed by atoms with Gasteiger partial charge in [0, 0.05) is 0 Å². The van der Waals surface area contributed by atoms with E-state index in [1.54, 1.807) is 0 Å². The molecule has 0 aliphatic carbocycles. The van der Waals surface area contributed by atoms with Gasteiger partial charge in [-0.3, -0.25) is 0 Å². The van der Waals surface area contributed by atoms with Crippen molar-refractivity contribution in [1.82, 2.24) is 0 Å². The molecule has 0 aliphatic heterocycles. The minimum absolute atomic E-state index is 0.00246. The predicted octanol–water partition coefficient (Wildman–Crippen LogP) is 10.5. The first kappa shape index (κ1) is 26.5. The third kappa shape index (κ3) is 5.10. The van der Waals surface area contributed by atoms with Crippen molar-refractivity contribution in [2.45, 2.75) is 105 Å². The van der Waals surface area contributed by atoms with Crippen LogP contribution in [0.4, 0.5) is 0 Å². The molecule has 0 bridgehead atoms. The van der Waals surface area contributed by atoms with Gasteiger partial charge in [-0.1, -0.05) is 119 Å². The predicted molar refractivity (Wildman–Crippen MR) is 159 cm³/mol. The lowest BCUT2D eigenvalue weighted by molar-refractivity contribution is 0.587. The summed E-state index contributed by atoms with van der Waals surface area (Å²) in [6.45, 7) is 27.4. The summed E-state index contributed by atoms with van der Waals surface area (Å²) in [7, 11) is 0. The van der Waals surface area contributed by atoms with Crippen molar-refractivity contribution in [1.29, 1.82) is 0 Å². The van der Waals surface area contributed by atoms with Gasteiger partial charge in [-0.2, -0.15) is 0 Å². The van der Waals surface area contributed by atoms with Gasteiger partial charge in [-0.15, -0.1) is 0 Å². The smallest absolute Gasteiger partial charge is 0.00109 e. The van der Waals surface area contributed by atoms with E-state index in [4.69, 9.17) is 0 Å². The summed E-state index contributed by atoms with van der Waals surface area (Å²) in [4.78, 5) is 0. The Morgan fingerprint density at radius 2 is 0.750 bits per heavy atom. The van der Waals surface area contributed by atoms with E-state index in [1.807, 2.05) is 0 Å². The van der Waals surface area contributed by atoms with Crippen molar-refractivity contribution < 1.29 is 0 Å². The summed E-state index contributed by atoms with van der Waals surface area (Å²) in [5, 5.41) is 5.07. The Morgan fingerprint density at radius 3 is 1.03 bits per heavy atom. The van der Waals surface area contributed by atoms with Crippen molar-refractivity contribution in [3.63, 3.8) is 0 Å². The highest BCUT2D eigenvalue weighted by Gasteiger charge is 2.23. The third-order valence-electron chi connectivity index (χ3n) is 7.36. The van der Waals surface area contributed by atoms with E-state index in [0.717, 1.165) is 11.1 Å². The molecule has 4 aromatic carbocycles. The van der Waals surface area contributed by atoms with Crippen LogP contribution in [0.15, 0.2) is 48.5 Å². The highest BCUT2D eigenvalue weighted by Crippen LogP contribution is 2.41. The normalized spacial score (nSPS) is 13.6. The number of fused-ring (bicyclic) bond motifs is 2. The van der Waals surface area contributed by atoms with Gasteiger partial charge in [0.25, 0.3) is 0 Å². The van der Waals surface area contributed by atoms with E-state index in [2.05, 4.69) is 144 Å². The molecule has 0 saturated carbocycles. The molecule has 4 rings (SSSR count). The molecule has 0 atom stereocenters. The second-order valence-electron chi connectivity index (χ2n) is 14.7. The molecule has 0 nitrogen and oxygen atoms in total. The molecule has 4 aromatic rings. The minimum atomic E-state index is -0.00246. The zero-order valence-corrected chi connectivity index (χ0v) is 24.6. The molecule has 0 unspecified atom stereocenters. The fourth-order valence-electron chi connectivity index (χ4n) is 4.74. The molecule has 0 amide bonds. The van der Waals surface area contributed by atoms with E-state index < -0.39 is 0 Å². The van der Waals surface area contributed by atoms with Crippen LogP contribution in [0.5, 0.6) is 0 Å². The van der Waals surface area contributed by atoms with Crippen molar-refractivity contribution in [2.24, 2.45) is 0 Å². The molecule has 0 aliphatic rings. The van der Waals surface area contributed by atoms with Gasteiger partial charge < -0.3 is 0 Å². The Bertz CT molecular complexity index is 1310. The average molecular weight is 477 g/mol. The third-order valence-corrected chi connectivity index (χ3v) is 7.36. The first-order chi connectivity index (χ1) is 16.4. The van der Waals surface area contributed by atoms with Crippen LogP contribution in [-0.4, -0.2) is 0 Å². The van der Waals surface area contributed by atoms with Crippen molar-refractivity contribution >= 4 is 21.5 Å². The monoisotopic (exact) mass is 476 g/mol. The maximum Gasteiger partial charge on any atom is -0.00109 e. The highest BCUT2D eigenvalue weighted by atomic mass is 14.3. The SMILES string of the molecule is CC(C)(C)c1[c]c(-c2[c]c(C(C)(C)C)cc3cc(C(C)(C)C)ccc23)c2ccc(C(C)(C)C)cc2c1. The lowest BCUT2D eigenvalue weighted by Gasteiger charge is -2.26. The fraction of sp³-hybridized carbons (Fsp3) is 0.444. The summed E-state index contributed by atoms with van der Waals surface area (Å²) < 4.78 is 0. The molecule has 0 heteroatoms. The van der Waals surface area contributed by atoms with Crippen LogP contribution in [0.3, 0.4) is 0 Å². The first-order valence-corrected chi connectivity index (χ1v) is 13.4. The van der Waals surface area contributed by atoms with Crippen molar-refractivity contribution in [3.8, 4) is 11.1 Å². The molecule has 2 radical (unpaired) electrons. The zero-order chi connectivity index (χ0) is 26.8. The van der Waals surface area contributed by atoms with Crippen LogP contribution in [0.1, 0.15) is 105 Å². The van der Waals surface area contributed by atoms with Crippen LogP contribution in [0.25, 0.3) is 32.7 Å². The number of rotatable bonds is 1. The van der Waals surface area contributed by atoms with Gasteiger partial charge in [-0.05, 0) is 101 Å². The molecular weight excluding hydrogens is 432 g/mol. The molecule has 0 N–H and O–H groups in total. The van der Waals surface area contributed by atoms with E-state index in [1.165, 1.54) is 43.8 Å².